The molecule has 4 nitrogen and oxygen atoms in total. The fourth-order valence-electron chi connectivity index (χ4n) is 3.81. The Labute approximate surface area is 126 Å². The van der Waals surface area contributed by atoms with Crippen molar-refractivity contribution >= 4 is 34.5 Å². The predicted molar refractivity (Wildman–Crippen MR) is 76.8 cm³/mol. The molecular weight excluding hydrogens is 359 g/mol. The van der Waals surface area contributed by atoms with Crippen molar-refractivity contribution in [2.45, 2.75) is 55.2 Å². The summed E-state index contributed by atoms with van der Waals surface area (Å²) in [6.45, 7) is 1.97. The van der Waals surface area contributed by atoms with Crippen molar-refractivity contribution in [3.63, 3.8) is 0 Å². The fraction of sp³-hybridized carbons (Fsp3) is 0.857. The molecule has 6 unspecified atom stereocenters. The van der Waals surface area contributed by atoms with Gasteiger partial charge in [0.2, 0.25) is 0 Å². The van der Waals surface area contributed by atoms with Crippen molar-refractivity contribution in [2.75, 3.05) is 0 Å². The molecule has 4 aliphatic rings. The van der Waals surface area contributed by atoms with Crippen LogP contribution in [0, 0.1) is 17.8 Å². The molecule has 2 heterocycles. The Hall–Kier alpha value is -0.330. The molecule has 0 N–H and O–H groups in total. The molecule has 5 heteroatoms. The van der Waals surface area contributed by atoms with Crippen LogP contribution in [-0.2, 0) is 19.1 Å². The SMILES string of the molecule is CCC(I)C(=O)OC1C2CC3CC(C2)C(=O)OC1C3. The summed E-state index contributed by atoms with van der Waals surface area (Å²) in [6, 6.07) is 0. The van der Waals surface area contributed by atoms with Gasteiger partial charge in [-0.2, -0.15) is 0 Å². The second kappa shape index (κ2) is 5.22. The van der Waals surface area contributed by atoms with Crippen molar-refractivity contribution < 1.29 is 19.1 Å². The number of rotatable bonds is 3. The molecule has 0 aromatic rings. The maximum Gasteiger partial charge on any atom is 0.319 e. The highest BCUT2D eigenvalue weighted by molar-refractivity contribution is 14.1. The number of esters is 2. The second-order valence-electron chi connectivity index (χ2n) is 6.02. The Morgan fingerprint density at radius 2 is 2.21 bits per heavy atom. The lowest BCUT2D eigenvalue weighted by Crippen LogP contribution is -2.46. The van der Waals surface area contributed by atoms with Gasteiger partial charge < -0.3 is 9.47 Å². The van der Waals surface area contributed by atoms with E-state index in [1.807, 2.05) is 6.92 Å². The first-order chi connectivity index (χ1) is 9.08. The topological polar surface area (TPSA) is 52.6 Å². The lowest BCUT2D eigenvalue weighted by atomic mass is 9.67. The summed E-state index contributed by atoms with van der Waals surface area (Å²) >= 11 is 2.12. The molecule has 4 rings (SSSR count). The highest BCUT2D eigenvalue weighted by Gasteiger charge is 2.51. The molecule has 0 aromatic heterocycles. The van der Waals surface area contributed by atoms with Crippen LogP contribution in [0.4, 0.5) is 0 Å². The van der Waals surface area contributed by atoms with E-state index in [1.165, 1.54) is 0 Å². The number of hydrogen-bond donors (Lipinski definition) is 0. The summed E-state index contributed by atoms with van der Waals surface area (Å²) in [6.07, 6.45) is 4.12. The van der Waals surface area contributed by atoms with E-state index in [0.717, 1.165) is 32.1 Å². The molecule has 0 spiro atoms. The van der Waals surface area contributed by atoms with E-state index >= 15 is 0 Å². The fourth-order valence-corrected chi connectivity index (χ4v) is 3.96. The zero-order chi connectivity index (χ0) is 13.6. The van der Waals surface area contributed by atoms with Crippen LogP contribution in [0.1, 0.15) is 39.0 Å². The van der Waals surface area contributed by atoms with E-state index in [4.69, 9.17) is 9.47 Å². The van der Waals surface area contributed by atoms with Crippen molar-refractivity contribution in [1.82, 2.24) is 0 Å². The first-order valence-electron chi connectivity index (χ1n) is 7.13. The molecule has 2 saturated carbocycles. The Balaban J connectivity index is 1.76. The van der Waals surface area contributed by atoms with Crippen molar-refractivity contribution in [3.05, 3.63) is 0 Å². The van der Waals surface area contributed by atoms with Crippen LogP contribution in [-0.4, -0.2) is 28.1 Å². The largest absolute Gasteiger partial charge is 0.458 e. The van der Waals surface area contributed by atoms with Crippen LogP contribution >= 0.6 is 22.6 Å². The molecule has 6 atom stereocenters. The molecule has 4 bridgehead atoms. The molecule has 2 aliphatic carbocycles. The van der Waals surface area contributed by atoms with Crippen LogP contribution in [0.2, 0.25) is 0 Å². The lowest BCUT2D eigenvalue weighted by Gasteiger charge is -2.41. The number of ether oxygens (including phenoxy) is 2. The molecule has 4 fully saturated rings. The van der Waals surface area contributed by atoms with Crippen molar-refractivity contribution in [1.29, 1.82) is 0 Å². The van der Waals surface area contributed by atoms with E-state index in [2.05, 4.69) is 22.6 Å². The zero-order valence-corrected chi connectivity index (χ0v) is 13.2. The van der Waals surface area contributed by atoms with Crippen LogP contribution in [0.15, 0.2) is 0 Å². The minimum Gasteiger partial charge on any atom is -0.458 e. The standard InChI is InChI=1S/C14H19IO4/c1-2-10(15)14(17)19-12-8-3-7-4-9(6-8)13(16)18-11(12)5-7/h7-12H,2-6H2,1H3. The maximum absolute atomic E-state index is 12.0. The Morgan fingerprint density at radius 1 is 1.42 bits per heavy atom. The van der Waals surface area contributed by atoms with Gasteiger partial charge in [-0.25, -0.2) is 0 Å². The van der Waals surface area contributed by atoms with Gasteiger partial charge >= 0.3 is 11.9 Å². The highest BCUT2D eigenvalue weighted by atomic mass is 127. The first kappa shape index (κ1) is 13.6. The quantitative estimate of drug-likeness (QED) is 0.430. The minimum absolute atomic E-state index is 0.0408. The van der Waals surface area contributed by atoms with E-state index in [0.29, 0.717) is 11.8 Å². The average molecular weight is 378 g/mol. The molecule has 2 aliphatic heterocycles. The zero-order valence-electron chi connectivity index (χ0n) is 11.0. The van der Waals surface area contributed by atoms with Gasteiger partial charge in [0.25, 0.3) is 0 Å². The summed E-state index contributed by atoms with van der Waals surface area (Å²) in [7, 11) is 0. The van der Waals surface area contributed by atoms with E-state index in [1.54, 1.807) is 0 Å². The smallest absolute Gasteiger partial charge is 0.319 e. The second-order valence-corrected chi connectivity index (χ2v) is 7.52. The number of alkyl halides is 1. The van der Waals surface area contributed by atoms with Gasteiger partial charge in [-0.1, -0.05) is 29.5 Å². The van der Waals surface area contributed by atoms with Crippen molar-refractivity contribution in [3.8, 4) is 0 Å². The van der Waals surface area contributed by atoms with Gasteiger partial charge in [-0.3, -0.25) is 9.59 Å². The van der Waals surface area contributed by atoms with Crippen molar-refractivity contribution in [2.24, 2.45) is 17.8 Å². The molecular formula is C14H19IO4. The third-order valence-corrected chi connectivity index (χ3v) is 6.09. The van der Waals surface area contributed by atoms with Crippen LogP contribution in [0.25, 0.3) is 0 Å². The number of fused-ring (bicyclic) bond motifs is 1. The molecule has 0 aromatic carbocycles. The number of carbonyl (C=O) groups is 2. The van der Waals surface area contributed by atoms with E-state index in [-0.39, 0.29) is 34.0 Å². The van der Waals surface area contributed by atoms with Crippen LogP contribution < -0.4 is 0 Å². The summed E-state index contributed by atoms with van der Waals surface area (Å²) in [5, 5.41) is 0. The highest BCUT2D eigenvalue weighted by Crippen LogP contribution is 2.48. The Bertz CT molecular complexity index is 397. The molecule has 19 heavy (non-hydrogen) atoms. The summed E-state index contributed by atoms with van der Waals surface area (Å²) in [5.74, 6) is 0.711. The molecule has 2 saturated heterocycles. The predicted octanol–water partition coefficient (Wildman–Crippen LogP) is 2.47. The average Bonchev–Trinajstić information content (AvgIpc) is 2.55. The number of carbonyl (C=O) groups excluding carboxylic acids is 2. The first-order valence-corrected chi connectivity index (χ1v) is 8.38. The van der Waals surface area contributed by atoms with Gasteiger partial charge in [0.05, 0.1) is 5.92 Å². The van der Waals surface area contributed by atoms with Crippen LogP contribution in [0.5, 0.6) is 0 Å². The van der Waals surface area contributed by atoms with Crippen LogP contribution in [0.3, 0.4) is 0 Å². The molecule has 0 radical (unpaired) electrons. The van der Waals surface area contributed by atoms with Gasteiger partial charge in [0.15, 0.2) is 0 Å². The summed E-state index contributed by atoms with van der Waals surface area (Å²) < 4.78 is 11.1. The molecule has 106 valence electrons. The Kier molecular flexibility index (Phi) is 3.75. The van der Waals surface area contributed by atoms with Gasteiger partial charge in [0.1, 0.15) is 16.1 Å². The third-order valence-electron chi connectivity index (χ3n) is 4.71. The van der Waals surface area contributed by atoms with E-state index < -0.39 is 0 Å². The lowest BCUT2D eigenvalue weighted by molar-refractivity contribution is -0.172. The monoisotopic (exact) mass is 378 g/mol. The summed E-state index contributed by atoms with van der Waals surface area (Å²) in [4.78, 5) is 23.9. The number of halogens is 1. The number of hydrogen-bond acceptors (Lipinski definition) is 4. The summed E-state index contributed by atoms with van der Waals surface area (Å²) in [5.41, 5.74) is 0. The normalized spacial score (nSPS) is 41.6. The Morgan fingerprint density at radius 3 is 2.95 bits per heavy atom. The maximum atomic E-state index is 12.0. The third kappa shape index (κ3) is 2.50. The van der Waals surface area contributed by atoms with Gasteiger partial charge in [-0.05, 0) is 38.0 Å². The molecule has 0 amide bonds. The van der Waals surface area contributed by atoms with Gasteiger partial charge in [0, 0.05) is 5.92 Å². The minimum atomic E-state index is -0.207. The van der Waals surface area contributed by atoms with Gasteiger partial charge in [-0.15, -0.1) is 0 Å². The van der Waals surface area contributed by atoms with E-state index in [9.17, 15) is 9.59 Å².